The van der Waals surface area contributed by atoms with Crippen molar-refractivity contribution in [1.82, 2.24) is 0 Å². The fraction of sp³-hybridized carbons (Fsp3) is 0.712. The fourth-order valence-corrected chi connectivity index (χ4v) is 9.28. The van der Waals surface area contributed by atoms with Gasteiger partial charge in [-0.3, -0.25) is 14.4 Å². The molecule has 0 aromatic carbocycles. The summed E-state index contributed by atoms with van der Waals surface area (Å²) in [6.45, 7) is 6.52. The Labute approximate surface area is 489 Å². The third-order valence-corrected chi connectivity index (χ3v) is 14.3. The van der Waals surface area contributed by atoms with Gasteiger partial charge in [0, 0.05) is 19.3 Å². The summed E-state index contributed by atoms with van der Waals surface area (Å²) < 4.78 is 16.9. The van der Waals surface area contributed by atoms with Crippen LogP contribution in [0.25, 0.3) is 0 Å². The summed E-state index contributed by atoms with van der Waals surface area (Å²) in [6.07, 6.45) is 91.1. The maximum Gasteiger partial charge on any atom is 0.306 e. The number of carbonyl (C=O) groups is 3. The van der Waals surface area contributed by atoms with Crippen LogP contribution in [0.15, 0.2) is 109 Å². The molecule has 0 aliphatic carbocycles. The highest BCUT2D eigenvalue weighted by molar-refractivity contribution is 5.71. The molecule has 0 aromatic rings. The van der Waals surface area contributed by atoms with E-state index in [0.29, 0.717) is 19.3 Å². The van der Waals surface area contributed by atoms with Crippen molar-refractivity contribution in [1.29, 1.82) is 0 Å². The van der Waals surface area contributed by atoms with Crippen LogP contribution in [-0.2, 0) is 28.6 Å². The van der Waals surface area contributed by atoms with Gasteiger partial charge in [0.05, 0.1) is 0 Å². The Hall–Kier alpha value is -3.93. The zero-order chi connectivity index (χ0) is 57.1. The SMILES string of the molecule is CC/C=C\C/C=C\C/C=C\C/C=C\C/C=C\C/C=C\C/C=C\C/C=C\CCCCCCCCCCCCC(=O)OCC(COC(=O)CCCCCCCCCCCCC)OC(=O)CCCCCCC/C=C\CCCCCCCC. The molecule has 0 N–H and O–H groups in total. The molecule has 79 heavy (non-hydrogen) atoms. The Bertz CT molecular complexity index is 1590. The lowest BCUT2D eigenvalue weighted by atomic mass is 10.1. The van der Waals surface area contributed by atoms with Crippen molar-refractivity contribution in [3.63, 3.8) is 0 Å². The van der Waals surface area contributed by atoms with Crippen molar-refractivity contribution in [2.45, 2.75) is 322 Å². The van der Waals surface area contributed by atoms with E-state index >= 15 is 0 Å². The standard InChI is InChI=1S/C73H124O6/c1-4-7-10-13-16-19-22-24-26-27-28-29-30-31-32-33-34-35-36-37-38-39-40-41-42-43-44-45-47-48-51-54-57-60-63-66-72(75)78-69-70(68-77-71(74)65-62-59-56-53-50-21-18-15-12-9-6-3)79-73(76)67-64-61-58-55-52-49-46-25-23-20-17-14-11-8-5-2/h7,10,16,19,24-26,28-29,31-32,34-35,37-38,40-41,46,70H,4-6,8-9,11-15,17-18,20-23,27,30,33,36,39,42-45,47-69H2,1-3H3/b10-7-,19-16-,26-24-,29-28-,32-31-,35-34-,38-37-,41-40-,46-25-. The lowest BCUT2D eigenvalue weighted by Gasteiger charge is -2.18. The molecule has 0 fully saturated rings. The maximum atomic E-state index is 12.9. The van der Waals surface area contributed by atoms with Gasteiger partial charge in [0.1, 0.15) is 13.2 Å². The zero-order valence-corrected chi connectivity index (χ0v) is 51.9. The van der Waals surface area contributed by atoms with Crippen LogP contribution in [0.1, 0.15) is 316 Å². The van der Waals surface area contributed by atoms with Crippen molar-refractivity contribution < 1.29 is 28.6 Å². The van der Waals surface area contributed by atoms with Gasteiger partial charge in [-0.15, -0.1) is 0 Å². The molecule has 0 heterocycles. The number of carbonyl (C=O) groups excluding carboxylic acids is 3. The molecular formula is C73H124O6. The molecule has 0 spiro atoms. The summed E-state index contributed by atoms with van der Waals surface area (Å²) in [5.74, 6) is -0.883. The Morgan fingerprint density at radius 3 is 0.785 bits per heavy atom. The first-order valence-electron chi connectivity index (χ1n) is 33.4. The number of unbranched alkanes of at least 4 members (excludes halogenated alkanes) is 31. The molecule has 0 rings (SSSR count). The summed E-state index contributed by atoms with van der Waals surface area (Å²) in [7, 11) is 0. The predicted molar refractivity (Wildman–Crippen MR) is 343 cm³/mol. The van der Waals surface area contributed by atoms with Crippen LogP contribution in [0.3, 0.4) is 0 Å². The number of allylic oxidation sites excluding steroid dienone is 18. The second-order valence-electron chi connectivity index (χ2n) is 22.0. The number of ether oxygens (including phenoxy) is 3. The summed E-state index contributed by atoms with van der Waals surface area (Å²) in [6, 6.07) is 0. The van der Waals surface area contributed by atoms with Gasteiger partial charge >= 0.3 is 17.9 Å². The molecule has 0 bridgehead atoms. The minimum atomic E-state index is -0.782. The Balaban J connectivity index is 4.18. The van der Waals surface area contributed by atoms with Gasteiger partial charge in [0.25, 0.3) is 0 Å². The van der Waals surface area contributed by atoms with Crippen molar-refractivity contribution in [3.8, 4) is 0 Å². The smallest absolute Gasteiger partial charge is 0.306 e. The van der Waals surface area contributed by atoms with Gasteiger partial charge < -0.3 is 14.2 Å². The van der Waals surface area contributed by atoms with E-state index in [1.54, 1.807) is 0 Å². The van der Waals surface area contributed by atoms with Gasteiger partial charge in [-0.05, 0) is 109 Å². The van der Waals surface area contributed by atoms with Gasteiger partial charge in [-0.2, -0.15) is 0 Å². The van der Waals surface area contributed by atoms with E-state index in [2.05, 4.69) is 130 Å². The topological polar surface area (TPSA) is 78.9 Å². The average Bonchev–Trinajstić information content (AvgIpc) is 3.45. The molecule has 0 saturated heterocycles. The van der Waals surface area contributed by atoms with Crippen LogP contribution in [0.4, 0.5) is 0 Å². The first kappa shape index (κ1) is 75.1. The van der Waals surface area contributed by atoms with Crippen molar-refractivity contribution in [2.75, 3.05) is 13.2 Å². The minimum absolute atomic E-state index is 0.0789. The summed E-state index contributed by atoms with van der Waals surface area (Å²) in [5.41, 5.74) is 0. The van der Waals surface area contributed by atoms with E-state index < -0.39 is 6.10 Å². The second kappa shape index (κ2) is 66.6. The Morgan fingerprint density at radius 1 is 0.266 bits per heavy atom. The number of rotatable bonds is 60. The molecule has 1 atom stereocenters. The monoisotopic (exact) mass is 1100 g/mol. The number of esters is 3. The highest BCUT2D eigenvalue weighted by Gasteiger charge is 2.19. The Morgan fingerprint density at radius 2 is 0.494 bits per heavy atom. The van der Waals surface area contributed by atoms with Crippen LogP contribution in [-0.4, -0.2) is 37.2 Å². The van der Waals surface area contributed by atoms with E-state index in [-0.39, 0.29) is 31.1 Å². The molecule has 0 saturated carbocycles. The zero-order valence-electron chi connectivity index (χ0n) is 51.9. The van der Waals surface area contributed by atoms with Gasteiger partial charge in [-0.25, -0.2) is 0 Å². The van der Waals surface area contributed by atoms with Crippen LogP contribution in [0, 0.1) is 0 Å². The van der Waals surface area contributed by atoms with Crippen LogP contribution in [0.5, 0.6) is 0 Å². The molecule has 0 aromatic heterocycles. The number of hydrogen-bond donors (Lipinski definition) is 0. The second-order valence-corrected chi connectivity index (χ2v) is 22.0. The lowest BCUT2D eigenvalue weighted by Crippen LogP contribution is -2.30. The van der Waals surface area contributed by atoms with E-state index in [1.807, 2.05) is 0 Å². The summed E-state index contributed by atoms with van der Waals surface area (Å²) in [5, 5.41) is 0. The normalized spacial score (nSPS) is 12.8. The predicted octanol–water partition coefficient (Wildman–Crippen LogP) is 23.0. The molecule has 452 valence electrons. The summed E-state index contributed by atoms with van der Waals surface area (Å²) in [4.78, 5) is 38.2. The average molecular weight is 1100 g/mol. The minimum Gasteiger partial charge on any atom is -0.462 e. The van der Waals surface area contributed by atoms with E-state index in [4.69, 9.17) is 14.2 Å². The highest BCUT2D eigenvalue weighted by atomic mass is 16.6. The molecule has 6 nitrogen and oxygen atoms in total. The van der Waals surface area contributed by atoms with Crippen molar-refractivity contribution in [3.05, 3.63) is 109 Å². The van der Waals surface area contributed by atoms with Crippen LogP contribution in [0.2, 0.25) is 0 Å². The Kier molecular flexibility index (Phi) is 63.3. The van der Waals surface area contributed by atoms with Crippen LogP contribution >= 0.6 is 0 Å². The molecule has 0 amide bonds. The van der Waals surface area contributed by atoms with Crippen LogP contribution < -0.4 is 0 Å². The molecule has 0 aliphatic heterocycles. The molecular weight excluding hydrogens is 973 g/mol. The molecule has 6 heteroatoms. The van der Waals surface area contributed by atoms with Gasteiger partial charge in [0.2, 0.25) is 0 Å². The van der Waals surface area contributed by atoms with Crippen molar-refractivity contribution in [2.24, 2.45) is 0 Å². The van der Waals surface area contributed by atoms with E-state index in [1.165, 1.54) is 154 Å². The molecule has 0 aliphatic rings. The van der Waals surface area contributed by atoms with Crippen molar-refractivity contribution >= 4 is 17.9 Å². The maximum absolute atomic E-state index is 12.9. The molecule has 0 radical (unpaired) electrons. The number of hydrogen-bond acceptors (Lipinski definition) is 6. The first-order valence-corrected chi connectivity index (χ1v) is 33.4. The van der Waals surface area contributed by atoms with E-state index in [0.717, 1.165) is 122 Å². The summed E-state index contributed by atoms with van der Waals surface area (Å²) >= 11 is 0. The third kappa shape index (κ3) is 64.8. The van der Waals surface area contributed by atoms with Gasteiger partial charge in [0.15, 0.2) is 6.10 Å². The highest BCUT2D eigenvalue weighted by Crippen LogP contribution is 2.16. The molecule has 1 unspecified atom stereocenters. The third-order valence-electron chi connectivity index (χ3n) is 14.3. The fourth-order valence-electron chi connectivity index (χ4n) is 9.28. The van der Waals surface area contributed by atoms with E-state index in [9.17, 15) is 14.4 Å². The quantitative estimate of drug-likeness (QED) is 0.0261. The van der Waals surface area contributed by atoms with Gasteiger partial charge in [-0.1, -0.05) is 297 Å². The largest absolute Gasteiger partial charge is 0.462 e. The first-order chi connectivity index (χ1) is 39.0. The lowest BCUT2D eigenvalue weighted by molar-refractivity contribution is -0.167.